The Balaban J connectivity index is 1.57. The largest absolute Gasteiger partial charge is 0.487 e. The molecular formula is C28H20BrFINO4. The molecule has 182 valence electrons. The van der Waals surface area contributed by atoms with Crippen molar-refractivity contribution in [2.45, 2.75) is 19.4 Å². The van der Waals surface area contributed by atoms with Gasteiger partial charge in [-0.15, -0.1) is 0 Å². The number of benzene rings is 3. The predicted octanol–water partition coefficient (Wildman–Crippen LogP) is 6.51. The maximum atomic E-state index is 13.6. The van der Waals surface area contributed by atoms with Crippen LogP contribution in [-0.2, 0) is 16.1 Å². The van der Waals surface area contributed by atoms with Gasteiger partial charge in [-0.1, -0.05) is 36.4 Å². The number of dihydropyridines is 1. The van der Waals surface area contributed by atoms with Gasteiger partial charge < -0.3 is 14.8 Å². The molecule has 1 N–H and O–H groups in total. The maximum absolute atomic E-state index is 13.6. The number of halogens is 3. The lowest BCUT2D eigenvalue weighted by Gasteiger charge is -2.29. The summed E-state index contributed by atoms with van der Waals surface area (Å²) in [6.07, 6.45) is 0. The van der Waals surface area contributed by atoms with E-state index in [2.05, 4.69) is 43.8 Å². The van der Waals surface area contributed by atoms with Gasteiger partial charge in [-0.05, 0) is 80.8 Å². The third-order valence-corrected chi connectivity index (χ3v) is 7.69. The lowest BCUT2D eigenvalue weighted by Crippen LogP contribution is -2.29. The van der Waals surface area contributed by atoms with E-state index in [1.54, 1.807) is 18.2 Å². The van der Waals surface area contributed by atoms with E-state index in [-0.39, 0.29) is 18.2 Å². The first-order chi connectivity index (χ1) is 17.3. The van der Waals surface area contributed by atoms with Crippen LogP contribution in [0.5, 0.6) is 5.75 Å². The third-order valence-electron chi connectivity index (χ3n) is 6.30. The van der Waals surface area contributed by atoms with Crippen LogP contribution < -0.4 is 10.1 Å². The fourth-order valence-corrected chi connectivity index (χ4v) is 6.43. The predicted molar refractivity (Wildman–Crippen MR) is 146 cm³/mol. The van der Waals surface area contributed by atoms with Crippen molar-refractivity contribution in [1.82, 2.24) is 5.32 Å². The van der Waals surface area contributed by atoms with Crippen LogP contribution in [0.25, 0.3) is 5.70 Å². The van der Waals surface area contributed by atoms with Crippen molar-refractivity contribution in [3.05, 3.63) is 114 Å². The number of fused-ring (bicyclic) bond motifs is 2. The molecule has 2 aliphatic rings. The maximum Gasteiger partial charge on any atom is 0.336 e. The molecule has 0 bridgehead atoms. The molecule has 1 aliphatic carbocycles. The van der Waals surface area contributed by atoms with Gasteiger partial charge in [0, 0.05) is 28.3 Å². The zero-order valence-corrected chi connectivity index (χ0v) is 23.1. The molecule has 36 heavy (non-hydrogen) atoms. The highest BCUT2D eigenvalue weighted by Gasteiger charge is 2.43. The second-order valence-electron chi connectivity index (χ2n) is 8.48. The number of hydrogen-bond acceptors (Lipinski definition) is 5. The number of Topliss-reactive ketones (excluding diaryl/α,β-unsaturated/α-hetero) is 1. The Kier molecular flexibility index (Phi) is 6.74. The Bertz CT molecular complexity index is 1460. The van der Waals surface area contributed by atoms with Crippen LogP contribution in [0.15, 0.2) is 82.0 Å². The van der Waals surface area contributed by atoms with E-state index in [9.17, 15) is 14.0 Å². The molecular weight excluding hydrogens is 640 g/mol. The van der Waals surface area contributed by atoms with Crippen LogP contribution in [0.3, 0.4) is 0 Å². The quantitative estimate of drug-likeness (QED) is 0.250. The van der Waals surface area contributed by atoms with Crippen LogP contribution in [-0.4, -0.2) is 18.9 Å². The van der Waals surface area contributed by atoms with Crippen molar-refractivity contribution >= 4 is 56.0 Å². The molecule has 1 heterocycles. The van der Waals surface area contributed by atoms with Crippen molar-refractivity contribution in [2.75, 3.05) is 7.11 Å². The van der Waals surface area contributed by atoms with Crippen molar-refractivity contribution < 1.29 is 23.5 Å². The summed E-state index contributed by atoms with van der Waals surface area (Å²) in [6, 6.07) is 17.3. The minimum atomic E-state index is -0.621. The van der Waals surface area contributed by atoms with Gasteiger partial charge in [0.15, 0.2) is 5.78 Å². The molecule has 5 rings (SSSR count). The Morgan fingerprint density at radius 3 is 2.47 bits per heavy atom. The molecule has 0 saturated carbocycles. The first-order valence-electron chi connectivity index (χ1n) is 11.1. The molecule has 8 heteroatoms. The zero-order chi connectivity index (χ0) is 25.6. The van der Waals surface area contributed by atoms with Crippen LogP contribution in [0, 0.1) is 9.39 Å². The van der Waals surface area contributed by atoms with Gasteiger partial charge in [-0.2, -0.15) is 0 Å². The van der Waals surface area contributed by atoms with Gasteiger partial charge in [-0.25, -0.2) is 9.18 Å². The lowest BCUT2D eigenvalue weighted by atomic mass is 9.80. The molecule has 0 amide bonds. The second-order valence-corrected chi connectivity index (χ2v) is 10.5. The molecule has 5 nitrogen and oxygen atoms in total. The zero-order valence-electron chi connectivity index (χ0n) is 19.3. The van der Waals surface area contributed by atoms with E-state index in [4.69, 9.17) is 9.47 Å². The minimum Gasteiger partial charge on any atom is -0.487 e. The molecule has 3 aromatic rings. The molecule has 0 fully saturated rings. The summed E-state index contributed by atoms with van der Waals surface area (Å²) in [5.41, 5.74) is 5.27. The highest BCUT2D eigenvalue weighted by Crippen LogP contribution is 2.48. The first kappa shape index (κ1) is 24.7. The monoisotopic (exact) mass is 659 g/mol. The average molecular weight is 660 g/mol. The molecule has 3 aromatic carbocycles. The number of esters is 1. The van der Waals surface area contributed by atoms with Crippen LogP contribution in [0.2, 0.25) is 0 Å². The lowest BCUT2D eigenvalue weighted by molar-refractivity contribution is -0.136. The van der Waals surface area contributed by atoms with Crippen LogP contribution in [0.4, 0.5) is 4.39 Å². The topological polar surface area (TPSA) is 64.6 Å². The minimum absolute atomic E-state index is 0.116. The number of ether oxygens (including phenoxy) is 2. The number of hydrogen-bond donors (Lipinski definition) is 1. The summed E-state index contributed by atoms with van der Waals surface area (Å²) >= 11 is 5.79. The number of methoxy groups -OCH3 is 1. The van der Waals surface area contributed by atoms with Crippen molar-refractivity contribution in [3.63, 3.8) is 0 Å². The number of carbonyl (C=O) groups excluding carboxylic acids is 2. The summed E-state index contributed by atoms with van der Waals surface area (Å²) < 4.78 is 25.9. The number of ketones is 1. The Labute approximate surface area is 229 Å². The molecule has 1 aliphatic heterocycles. The second kappa shape index (κ2) is 9.82. The highest BCUT2D eigenvalue weighted by molar-refractivity contribution is 14.1. The fourth-order valence-electron chi connectivity index (χ4n) is 4.66. The van der Waals surface area contributed by atoms with Gasteiger partial charge in [0.25, 0.3) is 0 Å². The summed E-state index contributed by atoms with van der Waals surface area (Å²) in [5, 5.41) is 3.29. The number of allylic oxidation sites excluding steroid dienone is 2. The van der Waals surface area contributed by atoms with Gasteiger partial charge >= 0.3 is 5.97 Å². The molecule has 0 aromatic heterocycles. The molecule has 0 saturated heterocycles. The van der Waals surface area contributed by atoms with Crippen LogP contribution in [0.1, 0.15) is 39.9 Å². The van der Waals surface area contributed by atoms with Crippen molar-refractivity contribution in [3.8, 4) is 5.75 Å². The summed E-state index contributed by atoms with van der Waals surface area (Å²) in [6.45, 7) is 2.08. The molecule has 1 atom stereocenters. The normalized spacial score (nSPS) is 16.5. The average Bonchev–Trinajstić information content (AvgIpc) is 3.14. The molecule has 0 radical (unpaired) electrons. The van der Waals surface area contributed by atoms with Gasteiger partial charge in [-0.3, -0.25) is 4.79 Å². The molecule has 0 unspecified atom stereocenters. The summed E-state index contributed by atoms with van der Waals surface area (Å²) in [7, 11) is 1.33. The Morgan fingerprint density at radius 1 is 1.11 bits per heavy atom. The SMILES string of the molecule is COC(=O)C1=C(C)NC2=C(C(=O)c3ccccc32)[C@H]1c1cc(Br)c(OCc2ccc(F)cc2)c(I)c1. The number of rotatable bonds is 5. The van der Waals surface area contributed by atoms with Crippen LogP contribution >= 0.6 is 38.5 Å². The summed E-state index contributed by atoms with van der Waals surface area (Å²) in [4.78, 5) is 26.5. The van der Waals surface area contributed by atoms with Crippen molar-refractivity contribution in [1.29, 1.82) is 0 Å². The number of nitrogens with one attached hydrogen (secondary N) is 1. The standard InChI is InChI=1S/C28H20BrFINO4/c1-14-22(28(34)35-2)23(24-25(32-14)18-5-3-4-6-19(18)26(24)33)16-11-20(29)27(21(31)12-16)36-13-15-7-9-17(30)10-8-15/h3-12,23,32H,13H2,1-2H3/t23-/m0/s1. The third kappa shape index (κ3) is 4.26. The van der Waals surface area contributed by atoms with Gasteiger partial charge in [0.05, 0.1) is 26.4 Å². The van der Waals surface area contributed by atoms with Gasteiger partial charge in [0.1, 0.15) is 18.2 Å². The van der Waals surface area contributed by atoms with E-state index in [0.717, 1.165) is 20.3 Å². The van der Waals surface area contributed by atoms with Gasteiger partial charge in [0.2, 0.25) is 0 Å². The highest BCUT2D eigenvalue weighted by atomic mass is 127. The van der Waals surface area contributed by atoms with E-state index in [1.165, 1.54) is 19.2 Å². The molecule has 0 spiro atoms. The fraction of sp³-hybridized carbons (Fsp3) is 0.143. The Morgan fingerprint density at radius 2 is 1.81 bits per heavy atom. The van der Waals surface area contributed by atoms with Crippen molar-refractivity contribution in [2.24, 2.45) is 0 Å². The van der Waals surface area contributed by atoms with E-state index in [0.29, 0.717) is 38.3 Å². The van der Waals surface area contributed by atoms with E-state index in [1.807, 2.05) is 37.3 Å². The van der Waals surface area contributed by atoms with E-state index < -0.39 is 11.9 Å². The Hall–Kier alpha value is -2.98. The number of carbonyl (C=O) groups is 2. The smallest absolute Gasteiger partial charge is 0.336 e. The first-order valence-corrected chi connectivity index (χ1v) is 13.0. The van der Waals surface area contributed by atoms with E-state index >= 15 is 0 Å². The summed E-state index contributed by atoms with van der Waals surface area (Å²) in [5.74, 6) is -0.918.